The Morgan fingerprint density at radius 1 is 1.24 bits per heavy atom. The summed E-state index contributed by atoms with van der Waals surface area (Å²) >= 11 is 0. The number of ether oxygens (including phenoxy) is 2. The molecular weight excluding hydrogens is 264 g/mol. The van der Waals surface area contributed by atoms with E-state index in [4.69, 9.17) is 9.47 Å². The van der Waals surface area contributed by atoms with Crippen molar-refractivity contribution in [3.05, 3.63) is 42.0 Å². The molecule has 3 nitrogen and oxygen atoms in total. The van der Waals surface area contributed by atoms with Crippen LogP contribution in [0.1, 0.15) is 31.9 Å². The molecule has 0 aromatic heterocycles. The average Bonchev–Trinajstić information content (AvgIpc) is 2.43. The van der Waals surface area contributed by atoms with Gasteiger partial charge >= 0.3 is 0 Å². The molecule has 0 saturated carbocycles. The second kappa shape index (κ2) is 7.11. The summed E-state index contributed by atoms with van der Waals surface area (Å²) in [5, 5.41) is 0. The lowest BCUT2D eigenvalue weighted by Gasteiger charge is -2.14. The molecule has 0 bridgehead atoms. The Balaban J connectivity index is 3.20. The summed E-state index contributed by atoms with van der Waals surface area (Å²) in [5.74, 6) is 1.44. The molecular formula is C18H24O3. The third-order valence-corrected chi connectivity index (χ3v) is 3.11. The summed E-state index contributed by atoms with van der Waals surface area (Å²) in [6, 6.07) is 3.84. The maximum atomic E-state index is 12.0. The summed E-state index contributed by atoms with van der Waals surface area (Å²) in [5.41, 5.74) is 1.51. The highest BCUT2D eigenvalue weighted by atomic mass is 16.5. The highest BCUT2D eigenvalue weighted by molar-refractivity contribution is 5.97. The number of benzene rings is 1. The molecule has 0 N–H and O–H groups in total. The zero-order chi connectivity index (χ0) is 16.0. The highest BCUT2D eigenvalue weighted by Crippen LogP contribution is 2.33. The fraction of sp³-hybridized carbons (Fsp3) is 0.389. The van der Waals surface area contributed by atoms with Crippen LogP contribution in [0.15, 0.2) is 30.9 Å². The van der Waals surface area contributed by atoms with Gasteiger partial charge in [0.25, 0.3) is 0 Å². The number of carbonyl (C=O) groups excluding carboxylic acids is 1. The molecule has 0 amide bonds. The van der Waals surface area contributed by atoms with Crippen LogP contribution in [0, 0.1) is 5.41 Å². The molecule has 1 rings (SSSR count). The van der Waals surface area contributed by atoms with E-state index in [0.29, 0.717) is 17.9 Å². The molecule has 3 heteroatoms. The van der Waals surface area contributed by atoms with Crippen molar-refractivity contribution in [3.8, 4) is 11.5 Å². The van der Waals surface area contributed by atoms with Gasteiger partial charge in [0.15, 0.2) is 17.3 Å². The highest BCUT2D eigenvalue weighted by Gasteiger charge is 2.18. The van der Waals surface area contributed by atoms with Crippen LogP contribution in [0.4, 0.5) is 0 Å². The van der Waals surface area contributed by atoms with E-state index in [1.54, 1.807) is 20.3 Å². The summed E-state index contributed by atoms with van der Waals surface area (Å²) in [4.78, 5) is 12.0. The number of hydrogen-bond donors (Lipinski definition) is 0. The van der Waals surface area contributed by atoms with E-state index < -0.39 is 0 Å². The van der Waals surface area contributed by atoms with Crippen LogP contribution >= 0.6 is 0 Å². The van der Waals surface area contributed by atoms with Crippen molar-refractivity contribution in [3.63, 3.8) is 0 Å². The topological polar surface area (TPSA) is 35.5 Å². The first-order chi connectivity index (χ1) is 9.83. The molecule has 0 atom stereocenters. The quantitative estimate of drug-likeness (QED) is 0.585. The number of hydrogen-bond acceptors (Lipinski definition) is 3. The van der Waals surface area contributed by atoms with Gasteiger partial charge in [-0.15, -0.1) is 6.58 Å². The van der Waals surface area contributed by atoms with E-state index >= 15 is 0 Å². The fourth-order valence-corrected chi connectivity index (χ4v) is 1.89. The van der Waals surface area contributed by atoms with Crippen molar-refractivity contribution in [2.24, 2.45) is 5.41 Å². The zero-order valence-corrected chi connectivity index (χ0v) is 13.5. The average molecular weight is 288 g/mol. The van der Waals surface area contributed by atoms with Gasteiger partial charge in [0, 0.05) is 11.0 Å². The third-order valence-electron chi connectivity index (χ3n) is 3.11. The molecule has 0 aliphatic rings. The molecule has 0 radical (unpaired) electrons. The molecule has 0 unspecified atom stereocenters. The smallest absolute Gasteiger partial charge is 0.164 e. The Kier molecular flexibility index (Phi) is 5.77. The van der Waals surface area contributed by atoms with Gasteiger partial charge in [0.2, 0.25) is 0 Å². The Bertz CT molecular complexity index is 548. The maximum Gasteiger partial charge on any atom is 0.164 e. The molecule has 0 saturated heterocycles. The Morgan fingerprint density at radius 2 is 1.90 bits per heavy atom. The molecule has 1 aromatic rings. The van der Waals surface area contributed by atoms with Gasteiger partial charge in [0.05, 0.1) is 14.2 Å². The molecule has 0 aliphatic carbocycles. The lowest BCUT2D eigenvalue weighted by Crippen LogP contribution is -2.17. The summed E-state index contributed by atoms with van der Waals surface area (Å²) < 4.78 is 10.8. The summed E-state index contributed by atoms with van der Waals surface area (Å²) in [7, 11) is 3.21. The second-order valence-corrected chi connectivity index (χ2v) is 5.86. The molecule has 0 fully saturated rings. The van der Waals surface area contributed by atoms with Gasteiger partial charge in [0.1, 0.15) is 0 Å². The van der Waals surface area contributed by atoms with Crippen molar-refractivity contribution in [2.75, 3.05) is 14.2 Å². The van der Waals surface area contributed by atoms with Crippen LogP contribution in [0.5, 0.6) is 11.5 Å². The lowest BCUT2D eigenvalue weighted by molar-refractivity contribution is -0.121. The Labute approximate surface area is 127 Å². The first-order valence-corrected chi connectivity index (χ1v) is 6.91. The van der Waals surface area contributed by atoms with E-state index in [0.717, 1.165) is 11.1 Å². The van der Waals surface area contributed by atoms with E-state index in [1.165, 1.54) is 0 Å². The minimum absolute atomic E-state index is 0.0857. The standard InChI is InChI=1S/C18H24O3/c1-7-8-14-11-13(9-10-16(19)18(2,3)4)12-15(20-5)17(14)21-6/h7,9-12H,1,8H2,2-6H3. The minimum Gasteiger partial charge on any atom is -0.493 e. The van der Waals surface area contributed by atoms with Gasteiger partial charge in [-0.2, -0.15) is 0 Å². The van der Waals surface area contributed by atoms with Crippen LogP contribution in [-0.4, -0.2) is 20.0 Å². The van der Waals surface area contributed by atoms with Crippen molar-refractivity contribution in [2.45, 2.75) is 27.2 Å². The Hall–Kier alpha value is -2.03. The van der Waals surface area contributed by atoms with E-state index in [1.807, 2.05) is 45.1 Å². The van der Waals surface area contributed by atoms with Crippen LogP contribution in [0.2, 0.25) is 0 Å². The molecule has 21 heavy (non-hydrogen) atoms. The van der Waals surface area contributed by atoms with Gasteiger partial charge < -0.3 is 9.47 Å². The molecule has 0 aliphatic heterocycles. The molecule has 114 valence electrons. The van der Waals surface area contributed by atoms with Crippen molar-refractivity contribution in [1.82, 2.24) is 0 Å². The maximum absolute atomic E-state index is 12.0. The monoisotopic (exact) mass is 288 g/mol. The largest absolute Gasteiger partial charge is 0.493 e. The number of carbonyl (C=O) groups is 1. The number of rotatable bonds is 6. The number of ketones is 1. The number of methoxy groups -OCH3 is 2. The third kappa shape index (κ3) is 4.48. The number of allylic oxidation sites excluding steroid dienone is 2. The predicted molar refractivity (Wildman–Crippen MR) is 86.9 cm³/mol. The van der Waals surface area contributed by atoms with Crippen molar-refractivity contribution >= 4 is 11.9 Å². The van der Waals surface area contributed by atoms with Crippen LogP contribution in [-0.2, 0) is 11.2 Å². The Morgan fingerprint density at radius 3 is 2.38 bits per heavy atom. The van der Waals surface area contributed by atoms with E-state index in [9.17, 15) is 4.79 Å². The van der Waals surface area contributed by atoms with Gasteiger partial charge in [-0.1, -0.05) is 32.9 Å². The first kappa shape index (κ1) is 17.0. The molecule has 0 spiro atoms. The normalized spacial score (nSPS) is 11.5. The van der Waals surface area contributed by atoms with Gasteiger partial charge in [-0.25, -0.2) is 0 Å². The van der Waals surface area contributed by atoms with E-state index in [2.05, 4.69) is 6.58 Å². The SMILES string of the molecule is C=CCc1cc(C=CC(=O)C(C)(C)C)cc(OC)c1OC. The summed E-state index contributed by atoms with van der Waals surface area (Å²) in [6.45, 7) is 9.46. The van der Waals surface area contributed by atoms with Crippen molar-refractivity contribution < 1.29 is 14.3 Å². The molecule has 1 aromatic carbocycles. The lowest BCUT2D eigenvalue weighted by atomic mass is 9.90. The molecule has 0 heterocycles. The van der Waals surface area contributed by atoms with Crippen LogP contribution in [0.3, 0.4) is 0 Å². The van der Waals surface area contributed by atoms with Crippen LogP contribution < -0.4 is 9.47 Å². The van der Waals surface area contributed by atoms with E-state index in [-0.39, 0.29) is 11.2 Å². The summed E-state index contributed by atoms with van der Waals surface area (Å²) in [6.07, 6.45) is 5.90. The van der Waals surface area contributed by atoms with Gasteiger partial charge in [-0.3, -0.25) is 4.79 Å². The second-order valence-electron chi connectivity index (χ2n) is 5.86. The zero-order valence-electron chi connectivity index (χ0n) is 13.5. The van der Waals surface area contributed by atoms with Crippen molar-refractivity contribution in [1.29, 1.82) is 0 Å². The van der Waals surface area contributed by atoms with Crippen LogP contribution in [0.25, 0.3) is 6.08 Å². The predicted octanol–water partition coefficient (Wildman–Crippen LogP) is 4.06. The minimum atomic E-state index is -0.378. The first-order valence-electron chi connectivity index (χ1n) is 6.91. The fourth-order valence-electron chi connectivity index (χ4n) is 1.89. The van der Waals surface area contributed by atoms with Gasteiger partial charge in [-0.05, 0) is 30.2 Å².